The molecule has 0 N–H and O–H groups in total. The molecule has 2 fully saturated rings. The summed E-state index contributed by atoms with van der Waals surface area (Å²) >= 11 is 0. The number of carbonyl (C=O) groups is 1. The molecule has 1 saturated heterocycles. The van der Waals surface area contributed by atoms with Gasteiger partial charge >= 0.3 is 0 Å². The van der Waals surface area contributed by atoms with E-state index in [-0.39, 0.29) is 5.92 Å². The first-order valence-corrected chi connectivity index (χ1v) is 11.4. The van der Waals surface area contributed by atoms with Gasteiger partial charge in [-0.2, -0.15) is 4.98 Å². The average Bonchev–Trinajstić information content (AvgIpc) is 3.29. The van der Waals surface area contributed by atoms with Gasteiger partial charge in [0, 0.05) is 50.3 Å². The minimum Gasteiger partial charge on any atom is -0.353 e. The molecule has 7 nitrogen and oxygen atoms in total. The van der Waals surface area contributed by atoms with Crippen LogP contribution in [-0.2, 0) is 4.79 Å². The summed E-state index contributed by atoms with van der Waals surface area (Å²) in [5.41, 5.74) is 0.853. The van der Waals surface area contributed by atoms with Gasteiger partial charge in [0.15, 0.2) is 0 Å². The molecule has 3 heterocycles. The van der Waals surface area contributed by atoms with Gasteiger partial charge in [-0.3, -0.25) is 4.79 Å². The van der Waals surface area contributed by atoms with E-state index in [4.69, 9.17) is 4.52 Å². The highest BCUT2D eigenvalue weighted by Crippen LogP contribution is 2.28. The number of amides is 1. The lowest BCUT2D eigenvalue weighted by Crippen LogP contribution is -2.49. The molecule has 1 saturated carbocycles. The molecule has 7 heteroatoms. The molecule has 0 radical (unpaired) electrons. The molecule has 2 aliphatic rings. The van der Waals surface area contributed by atoms with Crippen LogP contribution in [0.15, 0.2) is 22.9 Å². The lowest BCUT2D eigenvalue weighted by atomic mass is 9.86. The summed E-state index contributed by atoms with van der Waals surface area (Å²) in [5, 5.41) is 4.05. The van der Waals surface area contributed by atoms with Crippen LogP contribution in [0.1, 0.15) is 70.6 Å². The third-order valence-electron chi connectivity index (χ3n) is 6.39. The van der Waals surface area contributed by atoms with E-state index in [0.717, 1.165) is 49.9 Å². The first-order valence-electron chi connectivity index (χ1n) is 11.4. The van der Waals surface area contributed by atoms with Gasteiger partial charge in [0.2, 0.25) is 17.6 Å². The van der Waals surface area contributed by atoms with Crippen LogP contribution in [0.2, 0.25) is 0 Å². The Kier molecular flexibility index (Phi) is 6.65. The van der Waals surface area contributed by atoms with E-state index in [9.17, 15) is 4.79 Å². The predicted molar refractivity (Wildman–Crippen MR) is 116 cm³/mol. The van der Waals surface area contributed by atoms with Gasteiger partial charge in [-0.25, -0.2) is 4.98 Å². The van der Waals surface area contributed by atoms with Crippen molar-refractivity contribution < 1.29 is 9.32 Å². The van der Waals surface area contributed by atoms with E-state index < -0.39 is 0 Å². The van der Waals surface area contributed by atoms with Crippen LogP contribution in [0.25, 0.3) is 11.4 Å². The summed E-state index contributed by atoms with van der Waals surface area (Å²) < 4.78 is 5.28. The maximum Gasteiger partial charge on any atom is 0.229 e. The summed E-state index contributed by atoms with van der Waals surface area (Å²) in [6.45, 7) is 7.24. The number of rotatable bonds is 6. The lowest BCUT2D eigenvalue weighted by molar-refractivity contribution is -0.131. The highest BCUT2D eigenvalue weighted by molar-refractivity contribution is 5.76. The molecule has 4 rings (SSSR count). The van der Waals surface area contributed by atoms with Gasteiger partial charge < -0.3 is 14.3 Å². The molecule has 1 amide bonds. The van der Waals surface area contributed by atoms with Crippen LogP contribution < -0.4 is 4.90 Å². The van der Waals surface area contributed by atoms with Crippen molar-refractivity contribution in [1.82, 2.24) is 20.0 Å². The Morgan fingerprint density at radius 1 is 1.13 bits per heavy atom. The Hall–Kier alpha value is -2.44. The second-order valence-electron chi connectivity index (χ2n) is 8.93. The Balaban J connectivity index is 1.26. The SMILES string of the molecule is CC(C)c1nc(-c2ccc(N3CCN(C(=O)CCC4CCCCC4)CC3)nc2)no1. The molecule has 0 spiro atoms. The van der Waals surface area contributed by atoms with E-state index in [2.05, 4.69) is 20.0 Å². The number of anilines is 1. The number of hydrogen-bond acceptors (Lipinski definition) is 6. The zero-order valence-corrected chi connectivity index (χ0v) is 18.2. The van der Waals surface area contributed by atoms with Crippen molar-refractivity contribution >= 4 is 11.7 Å². The number of pyridine rings is 1. The highest BCUT2D eigenvalue weighted by Gasteiger charge is 2.23. The van der Waals surface area contributed by atoms with Crippen LogP contribution >= 0.6 is 0 Å². The molecule has 30 heavy (non-hydrogen) atoms. The van der Waals surface area contributed by atoms with Gasteiger partial charge in [-0.1, -0.05) is 51.1 Å². The fourth-order valence-electron chi connectivity index (χ4n) is 4.44. The Morgan fingerprint density at radius 3 is 2.53 bits per heavy atom. The summed E-state index contributed by atoms with van der Waals surface area (Å²) in [6, 6.07) is 3.99. The largest absolute Gasteiger partial charge is 0.353 e. The minimum absolute atomic E-state index is 0.208. The third kappa shape index (κ3) is 4.99. The van der Waals surface area contributed by atoms with E-state index in [1.54, 1.807) is 6.20 Å². The smallest absolute Gasteiger partial charge is 0.229 e. The zero-order valence-electron chi connectivity index (χ0n) is 18.2. The van der Waals surface area contributed by atoms with Gasteiger partial charge in [0.1, 0.15) is 5.82 Å². The molecule has 2 aromatic rings. The maximum absolute atomic E-state index is 12.6. The molecule has 0 aromatic carbocycles. The second kappa shape index (κ2) is 9.58. The van der Waals surface area contributed by atoms with Crippen LogP contribution in [0.3, 0.4) is 0 Å². The first-order chi connectivity index (χ1) is 14.6. The topological polar surface area (TPSA) is 75.4 Å². The quantitative estimate of drug-likeness (QED) is 0.707. The van der Waals surface area contributed by atoms with Crippen LogP contribution in [0, 0.1) is 5.92 Å². The number of nitrogens with zero attached hydrogens (tertiary/aromatic N) is 5. The Labute approximate surface area is 178 Å². The normalized spacial score (nSPS) is 18.2. The van der Waals surface area contributed by atoms with E-state index in [1.165, 1.54) is 32.1 Å². The molecule has 0 bridgehead atoms. The van der Waals surface area contributed by atoms with Crippen LogP contribution in [0.5, 0.6) is 0 Å². The van der Waals surface area contributed by atoms with E-state index in [1.807, 2.05) is 30.9 Å². The molecule has 2 aromatic heterocycles. The maximum atomic E-state index is 12.6. The highest BCUT2D eigenvalue weighted by atomic mass is 16.5. The Bertz CT molecular complexity index is 818. The molecular weight excluding hydrogens is 378 g/mol. The molecule has 0 unspecified atom stereocenters. The first kappa shape index (κ1) is 20.8. The fourth-order valence-corrected chi connectivity index (χ4v) is 4.44. The van der Waals surface area contributed by atoms with Crippen molar-refractivity contribution in [3.8, 4) is 11.4 Å². The zero-order chi connectivity index (χ0) is 20.9. The standard InChI is InChI=1S/C23H33N5O2/c1-17(2)23-25-22(26-30-23)19-9-10-20(24-16-19)27-12-14-28(15-13-27)21(29)11-8-18-6-4-3-5-7-18/h9-10,16-18H,3-8,11-15H2,1-2H3. The number of carbonyl (C=O) groups excluding carboxylic acids is 1. The summed E-state index contributed by atoms with van der Waals surface area (Å²) in [4.78, 5) is 25.9. The lowest BCUT2D eigenvalue weighted by Gasteiger charge is -2.35. The van der Waals surface area contributed by atoms with Crippen molar-refractivity contribution in [3.05, 3.63) is 24.2 Å². The molecule has 1 aliphatic heterocycles. The minimum atomic E-state index is 0.208. The molecular formula is C23H33N5O2. The number of piperazine rings is 1. The van der Waals surface area contributed by atoms with Gasteiger partial charge in [-0.05, 0) is 24.5 Å². The molecule has 0 atom stereocenters. The molecule has 162 valence electrons. The van der Waals surface area contributed by atoms with E-state index in [0.29, 0.717) is 24.0 Å². The fraction of sp³-hybridized carbons (Fsp3) is 0.652. The molecule has 1 aliphatic carbocycles. The number of aromatic nitrogens is 3. The van der Waals surface area contributed by atoms with Crippen LogP contribution in [0.4, 0.5) is 5.82 Å². The van der Waals surface area contributed by atoms with Crippen molar-refractivity contribution in [1.29, 1.82) is 0 Å². The third-order valence-corrected chi connectivity index (χ3v) is 6.39. The Morgan fingerprint density at radius 2 is 1.90 bits per heavy atom. The van der Waals surface area contributed by atoms with Crippen molar-refractivity contribution in [2.45, 2.75) is 64.7 Å². The monoisotopic (exact) mass is 411 g/mol. The summed E-state index contributed by atoms with van der Waals surface area (Å²) in [5.74, 6) is 3.44. The van der Waals surface area contributed by atoms with Crippen molar-refractivity contribution in [3.63, 3.8) is 0 Å². The van der Waals surface area contributed by atoms with Gasteiger partial charge in [-0.15, -0.1) is 0 Å². The van der Waals surface area contributed by atoms with Gasteiger partial charge in [0.05, 0.1) is 0 Å². The average molecular weight is 412 g/mol. The van der Waals surface area contributed by atoms with Crippen molar-refractivity contribution in [2.24, 2.45) is 5.92 Å². The van der Waals surface area contributed by atoms with Gasteiger partial charge in [0.25, 0.3) is 0 Å². The number of hydrogen-bond donors (Lipinski definition) is 0. The van der Waals surface area contributed by atoms with E-state index >= 15 is 0 Å². The second-order valence-corrected chi connectivity index (χ2v) is 8.93. The summed E-state index contributed by atoms with van der Waals surface area (Å²) in [6.07, 6.45) is 10.2. The predicted octanol–water partition coefficient (Wildman–Crippen LogP) is 4.26. The van der Waals surface area contributed by atoms with Crippen molar-refractivity contribution in [2.75, 3.05) is 31.1 Å². The van der Waals surface area contributed by atoms with Crippen LogP contribution in [-0.4, -0.2) is 52.1 Å². The summed E-state index contributed by atoms with van der Waals surface area (Å²) in [7, 11) is 0.